The molecule has 0 spiro atoms. The molecule has 0 radical (unpaired) electrons. The summed E-state index contributed by atoms with van der Waals surface area (Å²) in [6.45, 7) is 7.85. The van der Waals surface area contributed by atoms with Gasteiger partial charge in [-0.05, 0) is 31.1 Å². The van der Waals surface area contributed by atoms with Crippen LogP contribution in [0.1, 0.15) is 40.5 Å². The Morgan fingerprint density at radius 1 is 1.39 bits per heavy atom. The zero-order valence-corrected chi connectivity index (χ0v) is 11.8. The Labute approximate surface area is 110 Å². The van der Waals surface area contributed by atoms with Gasteiger partial charge in [-0.1, -0.05) is 44.6 Å². The van der Waals surface area contributed by atoms with Crippen molar-refractivity contribution in [2.24, 2.45) is 11.3 Å². The van der Waals surface area contributed by atoms with Crippen LogP contribution in [0.3, 0.4) is 0 Å². The van der Waals surface area contributed by atoms with Gasteiger partial charge in [-0.3, -0.25) is 0 Å². The number of rotatable bonds is 3. The fourth-order valence-corrected chi connectivity index (χ4v) is 2.95. The molecular weight excluding hydrogens is 228 g/mol. The molecule has 1 fully saturated rings. The quantitative estimate of drug-likeness (QED) is 0.675. The third kappa shape index (κ3) is 3.02. The summed E-state index contributed by atoms with van der Waals surface area (Å²) in [7, 11) is 0. The monoisotopic (exact) mass is 254 g/mol. The summed E-state index contributed by atoms with van der Waals surface area (Å²) in [6.07, 6.45) is 6.26. The zero-order chi connectivity index (χ0) is 14.0. The number of aliphatic hydroxyl groups is 3. The minimum atomic E-state index is -0.920. The molecule has 0 aromatic heterocycles. The van der Waals surface area contributed by atoms with Crippen LogP contribution in [0.2, 0.25) is 0 Å². The van der Waals surface area contributed by atoms with Crippen LogP contribution in [0.4, 0.5) is 0 Å². The fourth-order valence-electron chi connectivity index (χ4n) is 2.95. The van der Waals surface area contributed by atoms with Gasteiger partial charge < -0.3 is 15.3 Å². The highest BCUT2D eigenvalue weighted by atomic mass is 16.3. The first-order valence-corrected chi connectivity index (χ1v) is 6.60. The lowest BCUT2D eigenvalue weighted by Gasteiger charge is -2.50. The Kier molecular flexibility index (Phi) is 4.76. The first-order chi connectivity index (χ1) is 8.23. The van der Waals surface area contributed by atoms with E-state index in [4.69, 9.17) is 5.11 Å². The van der Waals surface area contributed by atoms with E-state index in [1.807, 2.05) is 39.8 Å². The van der Waals surface area contributed by atoms with E-state index in [-0.39, 0.29) is 24.0 Å². The molecule has 1 aliphatic rings. The molecule has 0 unspecified atom stereocenters. The lowest BCUT2D eigenvalue weighted by Crippen LogP contribution is -2.54. The van der Waals surface area contributed by atoms with Gasteiger partial charge in [0.05, 0.1) is 18.3 Å². The minimum Gasteiger partial charge on any atom is -0.393 e. The average Bonchev–Trinajstić information content (AvgIpc) is 2.23. The fraction of sp³-hybridized carbons (Fsp3) is 0.733. The normalized spacial score (nSPS) is 37.2. The molecule has 0 saturated heterocycles. The van der Waals surface area contributed by atoms with E-state index in [2.05, 4.69) is 0 Å². The molecule has 3 N–H and O–H groups in total. The van der Waals surface area contributed by atoms with E-state index in [0.717, 1.165) is 5.57 Å². The van der Waals surface area contributed by atoms with Crippen molar-refractivity contribution in [3.8, 4) is 0 Å². The number of allylic oxidation sites excluding steroid dienone is 2. The summed E-state index contributed by atoms with van der Waals surface area (Å²) in [4.78, 5) is 0. The van der Waals surface area contributed by atoms with Crippen molar-refractivity contribution in [3.05, 3.63) is 23.8 Å². The lowest BCUT2D eigenvalue weighted by molar-refractivity contribution is -0.127. The number of aliphatic hydroxyl groups excluding tert-OH is 2. The van der Waals surface area contributed by atoms with Gasteiger partial charge in [-0.25, -0.2) is 0 Å². The van der Waals surface area contributed by atoms with E-state index < -0.39 is 5.60 Å². The van der Waals surface area contributed by atoms with Crippen LogP contribution in [0, 0.1) is 11.3 Å². The molecule has 0 aliphatic heterocycles. The van der Waals surface area contributed by atoms with Crippen molar-refractivity contribution in [1.29, 1.82) is 0 Å². The highest BCUT2D eigenvalue weighted by Gasteiger charge is 2.50. The van der Waals surface area contributed by atoms with Crippen LogP contribution in [-0.4, -0.2) is 33.6 Å². The standard InChI is InChI=1S/C15H26O3/c1-11(6-8-16)5-7-15(18)12(2)9-13(17)10-14(15,3)4/h5-7,12-13,16-18H,8-10H2,1-4H3/b7-5+,11-6+/t12-,13-,15+/m1/s1. The van der Waals surface area contributed by atoms with Gasteiger partial charge in [-0.15, -0.1) is 0 Å². The third-order valence-corrected chi connectivity index (χ3v) is 4.22. The van der Waals surface area contributed by atoms with E-state index in [1.54, 1.807) is 6.08 Å². The van der Waals surface area contributed by atoms with Gasteiger partial charge >= 0.3 is 0 Å². The van der Waals surface area contributed by atoms with Crippen molar-refractivity contribution < 1.29 is 15.3 Å². The minimum absolute atomic E-state index is 0.00621. The maximum atomic E-state index is 10.9. The molecule has 3 heteroatoms. The third-order valence-electron chi connectivity index (χ3n) is 4.22. The predicted octanol–water partition coefficient (Wildman–Crippen LogP) is 2.03. The van der Waals surface area contributed by atoms with Crippen LogP contribution in [-0.2, 0) is 0 Å². The van der Waals surface area contributed by atoms with E-state index in [1.165, 1.54) is 0 Å². The zero-order valence-electron chi connectivity index (χ0n) is 11.8. The van der Waals surface area contributed by atoms with Crippen LogP contribution in [0.5, 0.6) is 0 Å². The largest absolute Gasteiger partial charge is 0.393 e. The molecule has 0 aromatic carbocycles. The molecule has 1 saturated carbocycles. The Bertz CT molecular complexity index is 344. The first-order valence-electron chi connectivity index (χ1n) is 6.60. The van der Waals surface area contributed by atoms with Gasteiger partial charge in [-0.2, -0.15) is 0 Å². The van der Waals surface area contributed by atoms with E-state index in [9.17, 15) is 10.2 Å². The Morgan fingerprint density at radius 2 is 2.00 bits per heavy atom. The summed E-state index contributed by atoms with van der Waals surface area (Å²) in [5.74, 6) is 0.00873. The lowest BCUT2D eigenvalue weighted by atomic mass is 9.60. The molecular formula is C15H26O3. The second-order valence-electron chi connectivity index (χ2n) is 6.17. The molecule has 104 valence electrons. The highest BCUT2D eigenvalue weighted by molar-refractivity contribution is 5.23. The van der Waals surface area contributed by atoms with Gasteiger partial charge in [0.25, 0.3) is 0 Å². The van der Waals surface area contributed by atoms with Crippen molar-refractivity contribution in [2.45, 2.75) is 52.2 Å². The Morgan fingerprint density at radius 3 is 2.50 bits per heavy atom. The summed E-state index contributed by atoms with van der Waals surface area (Å²) in [5.41, 5.74) is -0.350. The SMILES string of the molecule is CC(/C=C/[C@]1(O)[C@H](C)C[C@@H](O)CC1(C)C)=C\CO. The molecule has 1 rings (SSSR count). The summed E-state index contributed by atoms with van der Waals surface area (Å²) in [5, 5.41) is 29.6. The van der Waals surface area contributed by atoms with Crippen molar-refractivity contribution >= 4 is 0 Å². The van der Waals surface area contributed by atoms with Crippen LogP contribution >= 0.6 is 0 Å². The summed E-state index contributed by atoms with van der Waals surface area (Å²) < 4.78 is 0. The maximum absolute atomic E-state index is 10.9. The second-order valence-corrected chi connectivity index (χ2v) is 6.17. The Balaban J connectivity index is 2.98. The topological polar surface area (TPSA) is 60.7 Å². The highest BCUT2D eigenvalue weighted by Crippen LogP contribution is 2.48. The van der Waals surface area contributed by atoms with Crippen LogP contribution < -0.4 is 0 Å². The molecule has 0 amide bonds. The second kappa shape index (κ2) is 5.55. The van der Waals surface area contributed by atoms with Gasteiger partial charge in [0.15, 0.2) is 0 Å². The molecule has 1 aliphatic carbocycles. The van der Waals surface area contributed by atoms with Gasteiger partial charge in [0.1, 0.15) is 0 Å². The molecule has 18 heavy (non-hydrogen) atoms. The summed E-state index contributed by atoms with van der Waals surface area (Å²) >= 11 is 0. The van der Waals surface area contributed by atoms with Crippen LogP contribution in [0.25, 0.3) is 0 Å². The first kappa shape index (κ1) is 15.4. The average molecular weight is 254 g/mol. The molecule has 0 bridgehead atoms. The summed E-state index contributed by atoms with van der Waals surface area (Å²) in [6, 6.07) is 0. The smallest absolute Gasteiger partial charge is 0.0908 e. The van der Waals surface area contributed by atoms with Crippen molar-refractivity contribution in [3.63, 3.8) is 0 Å². The molecule has 3 nitrogen and oxygen atoms in total. The van der Waals surface area contributed by atoms with Gasteiger partial charge in [0, 0.05) is 0 Å². The van der Waals surface area contributed by atoms with Crippen molar-refractivity contribution in [2.75, 3.05) is 6.61 Å². The number of hydrogen-bond acceptors (Lipinski definition) is 3. The van der Waals surface area contributed by atoms with Gasteiger partial charge in [0.2, 0.25) is 0 Å². The van der Waals surface area contributed by atoms with Crippen LogP contribution in [0.15, 0.2) is 23.8 Å². The molecule has 3 atom stereocenters. The number of hydrogen-bond donors (Lipinski definition) is 3. The maximum Gasteiger partial charge on any atom is 0.0908 e. The van der Waals surface area contributed by atoms with E-state index in [0.29, 0.717) is 12.8 Å². The van der Waals surface area contributed by atoms with Crippen molar-refractivity contribution in [1.82, 2.24) is 0 Å². The Hall–Kier alpha value is -0.640. The molecule has 0 heterocycles. The molecule has 0 aromatic rings. The van der Waals surface area contributed by atoms with E-state index >= 15 is 0 Å². The predicted molar refractivity (Wildman–Crippen MR) is 73.1 cm³/mol.